The van der Waals surface area contributed by atoms with Crippen LogP contribution in [0.1, 0.15) is 27.9 Å². The molecule has 0 saturated carbocycles. The molecule has 0 unspecified atom stereocenters. The second-order valence-corrected chi connectivity index (χ2v) is 6.62. The number of pyridine rings is 1. The summed E-state index contributed by atoms with van der Waals surface area (Å²) in [5.74, 6) is -1.15. The molecule has 7 heteroatoms. The van der Waals surface area contributed by atoms with E-state index in [1.165, 1.54) is 18.3 Å². The average Bonchev–Trinajstić information content (AvgIpc) is 2.68. The fourth-order valence-electron chi connectivity index (χ4n) is 2.75. The smallest absolute Gasteiger partial charge is 0.257 e. The molecule has 1 amide bonds. The first-order chi connectivity index (χ1) is 13.5. The molecule has 0 aliphatic rings. The Morgan fingerprint density at radius 3 is 2.71 bits per heavy atom. The molecule has 0 fully saturated rings. The number of hydrogen-bond acceptors (Lipinski definition) is 3. The lowest BCUT2D eigenvalue weighted by atomic mass is 10.1. The molecular weight excluding hydrogens is 383 g/mol. The number of fused-ring (bicyclic) bond motifs is 1. The van der Waals surface area contributed by atoms with Gasteiger partial charge in [-0.25, -0.2) is 4.39 Å². The highest BCUT2D eigenvalue weighted by atomic mass is 35.5. The molecule has 0 bridgehead atoms. The van der Waals surface area contributed by atoms with Crippen LogP contribution in [0, 0.1) is 5.82 Å². The molecule has 3 aromatic rings. The summed E-state index contributed by atoms with van der Waals surface area (Å²) in [4.78, 5) is 27.9. The van der Waals surface area contributed by atoms with Crippen LogP contribution in [-0.2, 0) is 6.54 Å². The summed E-state index contributed by atoms with van der Waals surface area (Å²) < 4.78 is 14.3. The van der Waals surface area contributed by atoms with Crippen molar-refractivity contribution in [3.63, 3.8) is 0 Å². The van der Waals surface area contributed by atoms with Crippen LogP contribution in [0.3, 0.4) is 0 Å². The molecule has 0 aliphatic heterocycles. The molecule has 3 N–H and O–H groups in total. The highest BCUT2D eigenvalue weighted by molar-refractivity contribution is 6.30. The monoisotopic (exact) mass is 400 g/mol. The number of aromatic nitrogens is 1. The molecule has 1 heterocycles. The van der Waals surface area contributed by atoms with Gasteiger partial charge in [-0.2, -0.15) is 0 Å². The van der Waals surface area contributed by atoms with Gasteiger partial charge in [-0.1, -0.05) is 35.9 Å². The van der Waals surface area contributed by atoms with Crippen molar-refractivity contribution < 1.29 is 14.3 Å². The third-order valence-electron chi connectivity index (χ3n) is 4.18. The zero-order valence-electron chi connectivity index (χ0n) is 14.8. The van der Waals surface area contributed by atoms with Crippen LogP contribution in [0.5, 0.6) is 0 Å². The van der Waals surface area contributed by atoms with Crippen molar-refractivity contribution in [1.29, 1.82) is 0 Å². The number of carbonyl (C=O) groups excluding carboxylic acids is 1. The number of aliphatic hydroxyl groups is 1. The van der Waals surface area contributed by atoms with E-state index in [-0.39, 0.29) is 29.6 Å². The van der Waals surface area contributed by atoms with Crippen molar-refractivity contribution >= 4 is 34.5 Å². The Balaban J connectivity index is 1.88. The first-order valence-corrected chi connectivity index (χ1v) is 9.02. The standard InChI is InChI=1S/C21H18ClFN2O3/c22-15-6-4-13(5-7-15)11-25-21(28)17-12-24-19-16(20(17)27)9-14(10-18(19)23)3-1-2-8-26/h1,3-7,9-10,12,26H,2,8,11H2,(H,24,27)(H,25,28). The van der Waals surface area contributed by atoms with E-state index in [2.05, 4.69) is 10.3 Å². The number of halogens is 2. The van der Waals surface area contributed by atoms with Gasteiger partial charge in [-0.15, -0.1) is 0 Å². The molecule has 3 rings (SSSR count). The topological polar surface area (TPSA) is 82.2 Å². The van der Waals surface area contributed by atoms with Gasteiger partial charge in [0.15, 0.2) is 0 Å². The van der Waals surface area contributed by atoms with Crippen LogP contribution in [0.4, 0.5) is 4.39 Å². The number of nitrogens with one attached hydrogen (secondary N) is 2. The maximum atomic E-state index is 14.3. The molecule has 2 aromatic carbocycles. The minimum atomic E-state index is -0.591. The predicted molar refractivity (Wildman–Crippen MR) is 108 cm³/mol. The summed E-state index contributed by atoms with van der Waals surface area (Å²) in [6.07, 6.45) is 4.93. The number of aliphatic hydroxyl groups excluding tert-OH is 1. The summed E-state index contributed by atoms with van der Waals surface area (Å²) in [7, 11) is 0. The second-order valence-electron chi connectivity index (χ2n) is 6.18. The van der Waals surface area contributed by atoms with Crippen molar-refractivity contribution in [3.05, 3.63) is 86.4 Å². The number of benzene rings is 2. The first kappa shape index (κ1) is 19.8. The summed E-state index contributed by atoms with van der Waals surface area (Å²) in [5.41, 5.74) is 0.689. The van der Waals surface area contributed by atoms with Gasteiger partial charge in [0.25, 0.3) is 5.91 Å². The van der Waals surface area contributed by atoms with Crippen molar-refractivity contribution in [1.82, 2.24) is 10.3 Å². The van der Waals surface area contributed by atoms with E-state index in [0.29, 0.717) is 17.0 Å². The Labute approximate surface area is 165 Å². The van der Waals surface area contributed by atoms with Crippen LogP contribution >= 0.6 is 11.6 Å². The Morgan fingerprint density at radius 1 is 1.25 bits per heavy atom. The Morgan fingerprint density at radius 2 is 2.00 bits per heavy atom. The zero-order valence-corrected chi connectivity index (χ0v) is 15.6. The number of rotatable bonds is 6. The maximum absolute atomic E-state index is 14.3. The maximum Gasteiger partial charge on any atom is 0.257 e. The van der Waals surface area contributed by atoms with Gasteiger partial charge in [0.1, 0.15) is 11.4 Å². The number of amides is 1. The van der Waals surface area contributed by atoms with E-state index in [0.717, 1.165) is 5.56 Å². The van der Waals surface area contributed by atoms with Gasteiger partial charge < -0.3 is 15.4 Å². The summed E-state index contributed by atoms with van der Waals surface area (Å²) >= 11 is 5.83. The van der Waals surface area contributed by atoms with Gasteiger partial charge >= 0.3 is 0 Å². The minimum Gasteiger partial charge on any atom is -0.396 e. The molecule has 5 nitrogen and oxygen atoms in total. The summed E-state index contributed by atoms with van der Waals surface area (Å²) in [6.45, 7) is 0.205. The van der Waals surface area contributed by atoms with Gasteiger partial charge in [0, 0.05) is 29.8 Å². The minimum absolute atomic E-state index is 0.0227. The molecule has 0 saturated heterocycles. The Kier molecular flexibility index (Phi) is 6.23. The van der Waals surface area contributed by atoms with Crippen LogP contribution in [-0.4, -0.2) is 22.6 Å². The van der Waals surface area contributed by atoms with Crippen molar-refractivity contribution in [2.24, 2.45) is 0 Å². The number of hydrogen-bond donors (Lipinski definition) is 3. The molecule has 0 aliphatic carbocycles. The third-order valence-corrected chi connectivity index (χ3v) is 4.43. The normalized spacial score (nSPS) is 11.2. The average molecular weight is 401 g/mol. The Bertz CT molecular complexity index is 1090. The zero-order chi connectivity index (χ0) is 20.1. The molecule has 0 atom stereocenters. The van der Waals surface area contributed by atoms with E-state index >= 15 is 0 Å². The van der Waals surface area contributed by atoms with Gasteiger partial charge in [-0.3, -0.25) is 9.59 Å². The van der Waals surface area contributed by atoms with Crippen LogP contribution < -0.4 is 10.7 Å². The quantitative estimate of drug-likeness (QED) is 0.590. The predicted octanol–water partition coefficient (Wildman–Crippen LogP) is 3.65. The van der Waals surface area contributed by atoms with Crippen LogP contribution in [0.15, 0.2) is 53.5 Å². The number of carbonyl (C=O) groups is 1. The number of H-pyrrole nitrogens is 1. The lowest BCUT2D eigenvalue weighted by molar-refractivity contribution is 0.0949. The second kappa shape index (κ2) is 8.82. The van der Waals surface area contributed by atoms with Gasteiger partial charge in [0.2, 0.25) is 5.43 Å². The van der Waals surface area contributed by atoms with Gasteiger partial charge in [-0.05, 0) is 41.8 Å². The van der Waals surface area contributed by atoms with Crippen molar-refractivity contribution in [3.8, 4) is 0 Å². The lowest BCUT2D eigenvalue weighted by Gasteiger charge is -2.07. The highest BCUT2D eigenvalue weighted by Crippen LogP contribution is 2.17. The Hall–Kier alpha value is -2.96. The van der Waals surface area contributed by atoms with Crippen LogP contribution in [0.2, 0.25) is 5.02 Å². The molecule has 144 valence electrons. The van der Waals surface area contributed by atoms with Crippen molar-refractivity contribution in [2.45, 2.75) is 13.0 Å². The van der Waals surface area contributed by atoms with E-state index in [9.17, 15) is 14.0 Å². The fourth-order valence-corrected chi connectivity index (χ4v) is 2.87. The summed E-state index contributed by atoms with van der Waals surface area (Å²) in [5, 5.41) is 12.2. The highest BCUT2D eigenvalue weighted by Gasteiger charge is 2.15. The molecule has 0 spiro atoms. The fraction of sp³-hybridized carbons (Fsp3) is 0.143. The molecule has 1 aromatic heterocycles. The number of aromatic amines is 1. The van der Waals surface area contributed by atoms with E-state index in [4.69, 9.17) is 16.7 Å². The van der Waals surface area contributed by atoms with Gasteiger partial charge in [0.05, 0.1) is 5.52 Å². The van der Waals surface area contributed by atoms with E-state index in [1.54, 1.807) is 36.4 Å². The lowest BCUT2D eigenvalue weighted by Crippen LogP contribution is -2.28. The van der Waals surface area contributed by atoms with E-state index in [1.807, 2.05) is 0 Å². The first-order valence-electron chi connectivity index (χ1n) is 8.64. The van der Waals surface area contributed by atoms with Crippen molar-refractivity contribution in [2.75, 3.05) is 6.61 Å². The summed E-state index contributed by atoms with van der Waals surface area (Å²) in [6, 6.07) is 9.76. The van der Waals surface area contributed by atoms with Crippen LogP contribution in [0.25, 0.3) is 17.0 Å². The van der Waals surface area contributed by atoms with E-state index < -0.39 is 17.2 Å². The molecular formula is C21H18ClFN2O3. The molecule has 28 heavy (non-hydrogen) atoms. The third kappa shape index (κ3) is 4.47. The SMILES string of the molecule is O=C(NCc1ccc(Cl)cc1)c1c[nH]c2c(F)cc(C=CCCO)cc2c1=O. The molecule has 0 radical (unpaired) electrons. The largest absolute Gasteiger partial charge is 0.396 e.